The molecular formula is C25H23Cl3N4O6S. The molecule has 0 spiro atoms. The van der Waals surface area contributed by atoms with Crippen molar-refractivity contribution in [3.05, 3.63) is 69.7 Å². The number of esters is 1. The minimum absolute atomic E-state index is 0.128. The maximum absolute atomic E-state index is 12.9. The first-order valence-electron chi connectivity index (χ1n) is 11.4. The zero-order chi connectivity index (χ0) is 28.5. The molecule has 1 heterocycles. The van der Waals surface area contributed by atoms with Gasteiger partial charge in [-0.3, -0.25) is 19.3 Å². The topological polar surface area (TPSA) is 126 Å². The number of hydrogen-bond donors (Lipinski definition) is 2. The second kappa shape index (κ2) is 14.2. The molecule has 1 atom stereocenters. The van der Waals surface area contributed by atoms with Crippen molar-refractivity contribution in [2.75, 3.05) is 25.1 Å². The van der Waals surface area contributed by atoms with E-state index in [1.807, 2.05) is 0 Å². The molecule has 10 nitrogen and oxygen atoms in total. The van der Waals surface area contributed by atoms with Crippen LogP contribution in [-0.4, -0.2) is 58.8 Å². The molecule has 1 aliphatic heterocycles. The van der Waals surface area contributed by atoms with Crippen molar-refractivity contribution in [2.45, 2.75) is 18.6 Å². The number of hydrogen-bond acceptors (Lipinski definition) is 8. The van der Waals surface area contributed by atoms with Crippen molar-refractivity contribution in [3.8, 4) is 5.75 Å². The Morgan fingerprint density at radius 2 is 1.79 bits per heavy atom. The van der Waals surface area contributed by atoms with E-state index in [0.717, 1.165) is 11.8 Å². The molecule has 1 aliphatic rings. The molecule has 1 unspecified atom stereocenters. The third-order valence-electron chi connectivity index (χ3n) is 4.99. The highest BCUT2D eigenvalue weighted by molar-refractivity contribution is 8.15. The molecule has 2 aromatic rings. The normalized spacial score (nSPS) is 15.7. The Balaban J connectivity index is 1.57. The highest BCUT2D eigenvalue weighted by atomic mass is 35.5. The number of carbonyl (C=O) groups is 4. The van der Waals surface area contributed by atoms with Crippen LogP contribution >= 0.6 is 46.6 Å². The van der Waals surface area contributed by atoms with Crippen LogP contribution in [0, 0.1) is 0 Å². The smallest absolute Gasteiger partial charge is 0.338 e. The molecule has 2 aromatic carbocycles. The lowest BCUT2D eigenvalue weighted by Gasteiger charge is -2.14. The fraction of sp³-hybridized carbons (Fsp3) is 0.240. The van der Waals surface area contributed by atoms with Gasteiger partial charge in [0.05, 0.1) is 27.2 Å². The van der Waals surface area contributed by atoms with Crippen molar-refractivity contribution < 1.29 is 28.7 Å². The van der Waals surface area contributed by atoms with Crippen LogP contribution in [0.1, 0.15) is 23.7 Å². The molecule has 206 valence electrons. The SMILES string of the molecule is C=CCN1C(=O)C(CC(=O)Nc2ccc(C(=O)OCC)cc2)SC1=NNC(=O)COc1cc(Cl)c(Cl)cc1Cl. The van der Waals surface area contributed by atoms with Gasteiger partial charge in [-0.2, -0.15) is 0 Å². The summed E-state index contributed by atoms with van der Waals surface area (Å²) in [4.78, 5) is 50.9. The van der Waals surface area contributed by atoms with Crippen LogP contribution < -0.4 is 15.5 Å². The summed E-state index contributed by atoms with van der Waals surface area (Å²) in [5.41, 5.74) is 3.13. The van der Waals surface area contributed by atoms with Gasteiger partial charge < -0.3 is 14.8 Å². The molecular weight excluding hydrogens is 591 g/mol. The number of rotatable bonds is 11. The van der Waals surface area contributed by atoms with E-state index in [1.54, 1.807) is 19.1 Å². The van der Waals surface area contributed by atoms with E-state index < -0.39 is 29.6 Å². The largest absolute Gasteiger partial charge is 0.482 e. The first-order chi connectivity index (χ1) is 18.6. The van der Waals surface area contributed by atoms with Crippen LogP contribution in [0.3, 0.4) is 0 Å². The quantitative estimate of drug-likeness (QED) is 0.162. The monoisotopic (exact) mass is 612 g/mol. The van der Waals surface area contributed by atoms with Crippen molar-refractivity contribution in [1.29, 1.82) is 0 Å². The van der Waals surface area contributed by atoms with Crippen molar-refractivity contribution in [3.63, 3.8) is 0 Å². The van der Waals surface area contributed by atoms with Crippen LogP contribution in [-0.2, 0) is 19.1 Å². The number of nitrogens with zero attached hydrogens (tertiary/aromatic N) is 2. The summed E-state index contributed by atoms with van der Waals surface area (Å²) < 4.78 is 10.3. The summed E-state index contributed by atoms with van der Waals surface area (Å²) >= 11 is 18.9. The van der Waals surface area contributed by atoms with Gasteiger partial charge in [-0.05, 0) is 37.3 Å². The van der Waals surface area contributed by atoms with Crippen LogP contribution in [0.25, 0.3) is 0 Å². The lowest BCUT2D eigenvalue weighted by molar-refractivity contribution is -0.128. The number of carbonyl (C=O) groups excluding carboxylic acids is 4. The summed E-state index contributed by atoms with van der Waals surface area (Å²) in [5, 5.41) is 6.76. The molecule has 14 heteroatoms. The average molecular weight is 614 g/mol. The maximum Gasteiger partial charge on any atom is 0.338 e. The van der Waals surface area contributed by atoms with Gasteiger partial charge in [-0.1, -0.05) is 52.6 Å². The number of thioether (sulfide) groups is 1. The Morgan fingerprint density at radius 1 is 1.10 bits per heavy atom. The zero-order valence-corrected chi connectivity index (χ0v) is 23.6. The van der Waals surface area contributed by atoms with Gasteiger partial charge in [-0.25, -0.2) is 10.2 Å². The maximum atomic E-state index is 12.9. The third-order valence-corrected chi connectivity index (χ3v) is 7.18. The number of anilines is 1. The van der Waals surface area contributed by atoms with E-state index in [9.17, 15) is 19.2 Å². The second-order valence-corrected chi connectivity index (χ2v) is 10.2. The summed E-state index contributed by atoms with van der Waals surface area (Å²) in [5.74, 6) is -1.70. The van der Waals surface area contributed by atoms with E-state index in [4.69, 9.17) is 44.3 Å². The highest BCUT2D eigenvalue weighted by Gasteiger charge is 2.39. The molecule has 0 bridgehead atoms. The molecule has 39 heavy (non-hydrogen) atoms. The molecule has 3 rings (SSSR count). The van der Waals surface area contributed by atoms with Gasteiger partial charge in [0.2, 0.25) is 11.8 Å². The first kappa shape index (κ1) is 30.3. The number of amides is 3. The molecule has 2 N–H and O–H groups in total. The first-order valence-corrected chi connectivity index (χ1v) is 13.4. The number of benzene rings is 2. The molecule has 0 aliphatic carbocycles. The number of amidine groups is 1. The zero-order valence-electron chi connectivity index (χ0n) is 20.5. The Morgan fingerprint density at radius 3 is 2.46 bits per heavy atom. The van der Waals surface area contributed by atoms with E-state index in [1.165, 1.54) is 35.2 Å². The van der Waals surface area contributed by atoms with Gasteiger partial charge in [-0.15, -0.1) is 11.7 Å². The second-order valence-electron chi connectivity index (χ2n) is 7.81. The molecule has 1 saturated heterocycles. The molecule has 1 fully saturated rings. The Labute approximate surface area is 243 Å². The number of halogens is 3. The van der Waals surface area contributed by atoms with Crippen LogP contribution in [0.15, 0.2) is 54.2 Å². The summed E-state index contributed by atoms with van der Waals surface area (Å²) in [6, 6.07) is 8.96. The summed E-state index contributed by atoms with van der Waals surface area (Å²) in [7, 11) is 0. The minimum Gasteiger partial charge on any atom is -0.482 e. The van der Waals surface area contributed by atoms with E-state index in [2.05, 4.69) is 22.4 Å². The minimum atomic E-state index is -0.773. The van der Waals surface area contributed by atoms with Crippen molar-refractivity contribution in [2.24, 2.45) is 5.10 Å². The van der Waals surface area contributed by atoms with Crippen molar-refractivity contribution >= 4 is 81.1 Å². The fourth-order valence-corrected chi connectivity index (χ4v) is 4.91. The predicted molar refractivity (Wildman–Crippen MR) is 151 cm³/mol. The van der Waals surface area contributed by atoms with Crippen LogP contribution in [0.2, 0.25) is 15.1 Å². The van der Waals surface area contributed by atoms with Crippen LogP contribution in [0.5, 0.6) is 5.75 Å². The Kier molecular flexibility index (Phi) is 11.0. The lowest BCUT2D eigenvalue weighted by atomic mass is 10.2. The number of hydrazone groups is 1. The van der Waals surface area contributed by atoms with Gasteiger partial charge in [0.1, 0.15) is 11.0 Å². The van der Waals surface area contributed by atoms with E-state index in [-0.39, 0.29) is 51.5 Å². The van der Waals surface area contributed by atoms with Gasteiger partial charge >= 0.3 is 5.97 Å². The highest BCUT2D eigenvalue weighted by Crippen LogP contribution is 2.34. The van der Waals surface area contributed by atoms with Gasteiger partial charge in [0.25, 0.3) is 5.91 Å². The van der Waals surface area contributed by atoms with E-state index >= 15 is 0 Å². The molecule has 0 aromatic heterocycles. The average Bonchev–Trinajstić information content (AvgIpc) is 3.18. The van der Waals surface area contributed by atoms with Gasteiger partial charge in [0, 0.05) is 24.7 Å². The van der Waals surface area contributed by atoms with Crippen LogP contribution in [0.4, 0.5) is 5.69 Å². The third kappa shape index (κ3) is 8.37. The van der Waals surface area contributed by atoms with Gasteiger partial charge in [0.15, 0.2) is 11.8 Å². The summed E-state index contributed by atoms with van der Waals surface area (Å²) in [6.45, 7) is 5.29. The Hall–Kier alpha value is -3.25. The molecule has 3 amide bonds. The molecule has 0 saturated carbocycles. The summed E-state index contributed by atoms with van der Waals surface area (Å²) in [6.07, 6.45) is 1.35. The van der Waals surface area contributed by atoms with Crippen molar-refractivity contribution in [1.82, 2.24) is 10.3 Å². The van der Waals surface area contributed by atoms with E-state index in [0.29, 0.717) is 11.3 Å². The lowest BCUT2D eigenvalue weighted by Crippen LogP contribution is -2.35. The molecule has 0 radical (unpaired) electrons. The number of ether oxygens (including phenoxy) is 2. The Bertz CT molecular complexity index is 1310. The fourth-order valence-electron chi connectivity index (χ4n) is 3.21. The standard InChI is InChI=1S/C25H23Cl3N4O6S/c1-3-9-32-23(35)20(12-21(33)29-15-7-5-14(6-8-15)24(36)37-4-2)39-25(32)31-30-22(34)13-38-19-11-17(27)16(26)10-18(19)28/h3,5-8,10-11,20H,1,4,9,12-13H2,2H3,(H,29,33)(H,30,34). The predicted octanol–water partition coefficient (Wildman–Crippen LogP) is 4.75. The number of nitrogens with one attached hydrogen (secondary N) is 2.